The van der Waals surface area contributed by atoms with Crippen molar-refractivity contribution >= 4 is 11.8 Å². The predicted molar refractivity (Wildman–Crippen MR) is 115 cm³/mol. The molecule has 2 saturated carbocycles. The summed E-state index contributed by atoms with van der Waals surface area (Å²) in [5.74, 6) is 0.619. The fourth-order valence-corrected chi connectivity index (χ4v) is 6.40. The first-order valence-electron chi connectivity index (χ1n) is 12.0. The van der Waals surface area contributed by atoms with Crippen LogP contribution in [-0.2, 0) is 9.59 Å². The zero-order valence-corrected chi connectivity index (χ0v) is 18.8. The monoisotopic (exact) mass is 422 g/mol. The van der Waals surface area contributed by atoms with Crippen molar-refractivity contribution < 1.29 is 14.0 Å². The Balaban J connectivity index is 1.28. The van der Waals surface area contributed by atoms with Gasteiger partial charge < -0.3 is 15.5 Å². The van der Waals surface area contributed by atoms with E-state index < -0.39 is 6.17 Å². The standard InChI is InChI=1S/C23H39FN4O2/c1-14-7-8-20(24)19-12-21(26-22(14)19)23(30)25-16-5-4-6-17(11-16)28-10-9-18(13-28)27(3)15(2)29/h14,16-22,26H,4-13H2,1-3H3,(H,25,30)/t14?,16-,17+,18?,19?,20?,21?,22?/m1/s1. The highest BCUT2D eigenvalue weighted by molar-refractivity contribution is 5.82. The smallest absolute Gasteiger partial charge is 0.237 e. The van der Waals surface area contributed by atoms with Crippen LogP contribution in [0.1, 0.15) is 65.2 Å². The summed E-state index contributed by atoms with van der Waals surface area (Å²) >= 11 is 0. The second kappa shape index (κ2) is 9.11. The number of carbonyl (C=O) groups is 2. The van der Waals surface area contributed by atoms with Gasteiger partial charge in [0.2, 0.25) is 11.8 Å². The minimum Gasteiger partial charge on any atom is -0.352 e. The van der Waals surface area contributed by atoms with Gasteiger partial charge in [0, 0.05) is 57.1 Å². The van der Waals surface area contributed by atoms with Crippen LogP contribution in [0, 0.1) is 11.8 Å². The number of nitrogens with zero attached hydrogens (tertiary/aromatic N) is 2. The van der Waals surface area contributed by atoms with Crippen molar-refractivity contribution in [2.75, 3.05) is 20.1 Å². The number of hydrogen-bond acceptors (Lipinski definition) is 4. The number of likely N-dealkylation sites (N-methyl/N-ethyl adjacent to an activating group) is 1. The molecule has 30 heavy (non-hydrogen) atoms. The van der Waals surface area contributed by atoms with E-state index in [0.29, 0.717) is 30.8 Å². The van der Waals surface area contributed by atoms with Crippen molar-refractivity contribution in [1.82, 2.24) is 20.4 Å². The van der Waals surface area contributed by atoms with Crippen LogP contribution in [0.3, 0.4) is 0 Å². The molecule has 6 unspecified atom stereocenters. The van der Waals surface area contributed by atoms with Gasteiger partial charge in [-0.1, -0.05) is 6.92 Å². The molecule has 2 heterocycles. The molecule has 7 heteroatoms. The zero-order valence-electron chi connectivity index (χ0n) is 18.8. The number of alkyl halides is 1. The second-order valence-corrected chi connectivity index (χ2v) is 10.3. The Hall–Kier alpha value is -1.21. The first-order valence-corrected chi connectivity index (χ1v) is 12.0. The van der Waals surface area contributed by atoms with Gasteiger partial charge in [0.1, 0.15) is 6.17 Å². The van der Waals surface area contributed by atoms with Crippen LogP contribution in [0.5, 0.6) is 0 Å². The Bertz CT molecular complexity index is 629. The van der Waals surface area contributed by atoms with E-state index >= 15 is 0 Å². The molecule has 2 aliphatic carbocycles. The average molecular weight is 423 g/mol. The summed E-state index contributed by atoms with van der Waals surface area (Å²) in [7, 11) is 1.90. The van der Waals surface area contributed by atoms with Crippen LogP contribution in [0.4, 0.5) is 4.39 Å². The Morgan fingerprint density at radius 3 is 2.67 bits per heavy atom. The molecule has 4 rings (SSSR count). The molecule has 6 nitrogen and oxygen atoms in total. The van der Waals surface area contributed by atoms with Gasteiger partial charge in [-0.05, 0) is 57.3 Å². The number of nitrogens with one attached hydrogen (secondary N) is 2. The van der Waals surface area contributed by atoms with Crippen LogP contribution in [0.2, 0.25) is 0 Å². The van der Waals surface area contributed by atoms with Crippen LogP contribution in [0.25, 0.3) is 0 Å². The molecule has 170 valence electrons. The number of halogens is 1. The third kappa shape index (κ3) is 4.52. The quantitative estimate of drug-likeness (QED) is 0.728. The van der Waals surface area contributed by atoms with E-state index in [0.717, 1.165) is 51.6 Å². The van der Waals surface area contributed by atoms with Crippen LogP contribution in [0.15, 0.2) is 0 Å². The molecule has 2 N–H and O–H groups in total. The number of amides is 2. The van der Waals surface area contributed by atoms with Gasteiger partial charge in [0.05, 0.1) is 6.04 Å². The highest BCUT2D eigenvalue weighted by Gasteiger charge is 2.46. The Morgan fingerprint density at radius 2 is 1.93 bits per heavy atom. The highest BCUT2D eigenvalue weighted by Crippen LogP contribution is 2.38. The molecule has 4 fully saturated rings. The van der Waals surface area contributed by atoms with E-state index in [9.17, 15) is 14.0 Å². The number of carbonyl (C=O) groups excluding carboxylic acids is 2. The summed E-state index contributed by atoms with van der Waals surface area (Å²) in [6, 6.07) is 0.870. The lowest BCUT2D eigenvalue weighted by Gasteiger charge is -2.36. The minimum absolute atomic E-state index is 0.0107. The SMILES string of the molecule is CC(=O)N(C)C1CCN([C@H]2CCC[C@@H](NC(=O)C3CC4C(F)CCC(C)C4N3)C2)C1. The summed E-state index contributed by atoms with van der Waals surface area (Å²) in [5, 5.41) is 6.75. The van der Waals surface area contributed by atoms with Gasteiger partial charge in [-0.15, -0.1) is 0 Å². The summed E-state index contributed by atoms with van der Waals surface area (Å²) in [5.41, 5.74) is 0. The van der Waals surface area contributed by atoms with Gasteiger partial charge in [0.15, 0.2) is 0 Å². The lowest BCUT2D eigenvalue weighted by atomic mass is 9.77. The molecule has 4 aliphatic rings. The second-order valence-electron chi connectivity index (χ2n) is 10.3. The van der Waals surface area contributed by atoms with E-state index in [2.05, 4.69) is 22.5 Å². The normalized spacial score (nSPS) is 42.0. The molecule has 8 atom stereocenters. The predicted octanol–water partition coefficient (Wildman–Crippen LogP) is 2.08. The maximum atomic E-state index is 14.4. The molecule has 0 radical (unpaired) electrons. The maximum absolute atomic E-state index is 14.4. The maximum Gasteiger partial charge on any atom is 0.237 e. The first kappa shape index (κ1) is 22.0. The van der Waals surface area contributed by atoms with Gasteiger partial charge in [-0.25, -0.2) is 4.39 Å². The van der Waals surface area contributed by atoms with E-state index in [1.54, 1.807) is 6.92 Å². The van der Waals surface area contributed by atoms with Crippen molar-refractivity contribution in [1.29, 1.82) is 0 Å². The van der Waals surface area contributed by atoms with Crippen LogP contribution < -0.4 is 10.6 Å². The fourth-order valence-electron chi connectivity index (χ4n) is 6.40. The van der Waals surface area contributed by atoms with Gasteiger partial charge in [-0.3, -0.25) is 14.5 Å². The van der Waals surface area contributed by atoms with Crippen molar-refractivity contribution in [3.63, 3.8) is 0 Å². The van der Waals surface area contributed by atoms with Gasteiger partial charge >= 0.3 is 0 Å². The molecule has 0 bridgehead atoms. The minimum atomic E-state index is -0.771. The number of rotatable bonds is 4. The van der Waals surface area contributed by atoms with Gasteiger partial charge in [-0.2, -0.15) is 0 Å². The third-order valence-electron chi connectivity index (χ3n) is 8.40. The lowest BCUT2D eigenvalue weighted by Crippen LogP contribution is -2.51. The lowest BCUT2D eigenvalue weighted by molar-refractivity contribution is -0.129. The topological polar surface area (TPSA) is 64.7 Å². The van der Waals surface area contributed by atoms with Crippen molar-refractivity contribution in [2.24, 2.45) is 11.8 Å². The largest absolute Gasteiger partial charge is 0.352 e. The Morgan fingerprint density at radius 1 is 1.13 bits per heavy atom. The molecular weight excluding hydrogens is 383 g/mol. The number of likely N-dealkylation sites (tertiary alicyclic amines) is 1. The van der Waals surface area contributed by atoms with E-state index in [-0.39, 0.29) is 35.9 Å². The zero-order chi connectivity index (χ0) is 21.4. The molecule has 2 saturated heterocycles. The first-order chi connectivity index (χ1) is 14.3. The number of fused-ring (bicyclic) bond motifs is 1. The number of hydrogen-bond donors (Lipinski definition) is 2. The highest BCUT2D eigenvalue weighted by atomic mass is 19.1. The molecule has 2 aliphatic heterocycles. The van der Waals surface area contributed by atoms with Crippen LogP contribution >= 0.6 is 0 Å². The summed E-state index contributed by atoms with van der Waals surface area (Å²) in [6.45, 7) is 5.77. The third-order valence-corrected chi connectivity index (χ3v) is 8.40. The Kier molecular flexibility index (Phi) is 6.68. The van der Waals surface area contributed by atoms with E-state index in [1.807, 2.05) is 11.9 Å². The van der Waals surface area contributed by atoms with E-state index in [4.69, 9.17) is 0 Å². The molecule has 0 spiro atoms. The summed E-state index contributed by atoms with van der Waals surface area (Å²) in [4.78, 5) is 29.0. The van der Waals surface area contributed by atoms with Crippen molar-refractivity contribution in [3.8, 4) is 0 Å². The summed E-state index contributed by atoms with van der Waals surface area (Å²) < 4.78 is 14.4. The molecule has 0 aromatic rings. The molecule has 0 aromatic heterocycles. The average Bonchev–Trinajstić information content (AvgIpc) is 3.39. The summed E-state index contributed by atoms with van der Waals surface area (Å²) in [6.07, 6.45) is 6.71. The van der Waals surface area contributed by atoms with Crippen molar-refractivity contribution in [2.45, 2.75) is 102 Å². The molecule has 2 amide bonds. The molecule has 0 aromatic carbocycles. The van der Waals surface area contributed by atoms with E-state index in [1.165, 1.54) is 0 Å². The Labute approximate surface area is 180 Å². The van der Waals surface area contributed by atoms with Crippen LogP contribution in [-0.4, -0.2) is 78.1 Å². The molecular formula is C23H39FN4O2. The van der Waals surface area contributed by atoms with Gasteiger partial charge in [0.25, 0.3) is 0 Å². The fraction of sp³-hybridized carbons (Fsp3) is 0.913. The van der Waals surface area contributed by atoms with Crippen molar-refractivity contribution in [3.05, 3.63) is 0 Å².